The van der Waals surface area contributed by atoms with E-state index in [1.807, 2.05) is 18.7 Å². The van der Waals surface area contributed by atoms with Crippen molar-refractivity contribution in [2.75, 3.05) is 25.1 Å². The van der Waals surface area contributed by atoms with Gasteiger partial charge >= 0.3 is 0 Å². The van der Waals surface area contributed by atoms with E-state index in [4.69, 9.17) is 5.11 Å². The van der Waals surface area contributed by atoms with E-state index in [9.17, 15) is 4.79 Å². The van der Waals surface area contributed by atoms with Crippen LogP contribution in [-0.2, 0) is 0 Å². The van der Waals surface area contributed by atoms with E-state index in [2.05, 4.69) is 15.5 Å². The van der Waals surface area contributed by atoms with E-state index in [0.29, 0.717) is 12.4 Å². The molecule has 1 heterocycles. The van der Waals surface area contributed by atoms with Gasteiger partial charge in [0.1, 0.15) is 0 Å². The second kappa shape index (κ2) is 6.15. The van der Waals surface area contributed by atoms with Gasteiger partial charge in [0.15, 0.2) is 11.5 Å². The molecule has 0 aromatic carbocycles. The van der Waals surface area contributed by atoms with Gasteiger partial charge in [0.25, 0.3) is 5.91 Å². The Kier molecular flexibility index (Phi) is 4.84. The number of aromatic nitrogens is 2. The molecule has 0 aliphatic heterocycles. The first-order valence-corrected chi connectivity index (χ1v) is 5.53. The summed E-state index contributed by atoms with van der Waals surface area (Å²) >= 11 is 0. The van der Waals surface area contributed by atoms with Crippen molar-refractivity contribution in [2.24, 2.45) is 0 Å². The SMILES string of the molecule is CNC(=O)c1ccc(N(CCO)C(C)C)nn1. The molecule has 0 spiro atoms. The number of carbonyl (C=O) groups is 1. The van der Waals surface area contributed by atoms with Gasteiger partial charge in [-0.25, -0.2) is 0 Å². The monoisotopic (exact) mass is 238 g/mol. The lowest BCUT2D eigenvalue weighted by Crippen LogP contribution is -2.34. The number of nitrogens with one attached hydrogen (secondary N) is 1. The van der Waals surface area contributed by atoms with Gasteiger partial charge < -0.3 is 15.3 Å². The molecule has 0 aliphatic carbocycles. The summed E-state index contributed by atoms with van der Waals surface area (Å²) in [4.78, 5) is 13.2. The maximum absolute atomic E-state index is 11.3. The lowest BCUT2D eigenvalue weighted by Gasteiger charge is -2.26. The van der Waals surface area contributed by atoms with Crippen LogP contribution in [0.5, 0.6) is 0 Å². The number of aliphatic hydroxyl groups excluding tert-OH is 1. The van der Waals surface area contributed by atoms with Crippen molar-refractivity contribution in [3.05, 3.63) is 17.8 Å². The van der Waals surface area contributed by atoms with Crippen LogP contribution in [-0.4, -0.2) is 47.5 Å². The molecule has 1 rings (SSSR count). The third-order valence-corrected chi connectivity index (χ3v) is 2.37. The van der Waals surface area contributed by atoms with Gasteiger partial charge in [-0.05, 0) is 26.0 Å². The van der Waals surface area contributed by atoms with Gasteiger partial charge in [-0.15, -0.1) is 10.2 Å². The van der Waals surface area contributed by atoms with E-state index in [0.717, 1.165) is 0 Å². The summed E-state index contributed by atoms with van der Waals surface area (Å²) < 4.78 is 0. The molecule has 0 saturated carbocycles. The minimum absolute atomic E-state index is 0.0526. The Balaban J connectivity index is 2.88. The lowest BCUT2D eigenvalue weighted by atomic mass is 10.3. The van der Waals surface area contributed by atoms with Crippen molar-refractivity contribution in [1.29, 1.82) is 0 Å². The summed E-state index contributed by atoms with van der Waals surface area (Å²) in [5.41, 5.74) is 0.281. The highest BCUT2D eigenvalue weighted by atomic mass is 16.3. The van der Waals surface area contributed by atoms with E-state index < -0.39 is 0 Å². The van der Waals surface area contributed by atoms with Crippen molar-refractivity contribution in [3.63, 3.8) is 0 Å². The Labute approximate surface area is 101 Å². The molecule has 2 N–H and O–H groups in total. The van der Waals surface area contributed by atoms with Gasteiger partial charge in [-0.1, -0.05) is 0 Å². The average molecular weight is 238 g/mol. The van der Waals surface area contributed by atoms with Crippen LogP contribution in [0.1, 0.15) is 24.3 Å². The molecule has 0 aliphatic rings. The standard InChI is InChI=1S/C11H18N4O2/c1-8(2)15(6-7-16)10-5-4-9(13-14-10)11(17)12-3/h4-5,8,16H,6-7H2,1-3H3,(H,12,17). The van der Waals surface area contributed by atoms with Crippen molar-refractivity contribution < 1.29 is 9.90 Å². The predicted molar refractivity (Wildman–Crippen MR) is 65.0 cm³/mol. The number of aliphatic hydroxyl groups is 1. The summed E-state index contributed by atoms with van der Waals surface area (Å²) in [6.45, 7) is 4.55. The van der Waals surface area contributed by atoms with Gasteiger partial charge in [0.2, 0.25) is 0 Å². The molecule has 0 radical (unpaired) electrons. The Morgan fingerprint density at radius 2 is 2.18 bits per heavy atom. The quantitative estimate of drug-likeness (QED) is 0.757. The van der Waals surface area contributed by atoms with Gasteiger partial charge in [-0.2, -0.15) is 0 Å². The van der Waals surface area contributed by atoms with Crippen LogP contribution in [0.4, 0.5) is 5.82 Å². The number of nitrogens with zero attached hydrogens (tertiary/aromatic N) is 3. The number of carbonyl (C=O) groups excluding carboxylic acids is 1. The molecular formula is C11H18N4O2. The number of hydrogen-bond acceptors (Lipinski definition) is 5. The maximum atomic E-state index is 11.3. The fourth-order valence-electron chi connectivity index (χ4n) is 1.47. The Hall–Kier alpha value is -1.69. The number of amides is 1. The number of rotatable bonds is 5. The largest absolute Gasteiger partial charge is 0.395 e. The predicted octanol–water partition coefficient (Wildman–Crippen LogP) is 0.0433. The molecule has 0 unspecified atom stereocenters. The highest BCUT2D eigenvalue weighted by molar-refractivity contribution is 5.91. The highest BCUT2D eigenvalue weighted by Gasteiger charge is 2.13. The van der Waals surface area contributed by atoms with Crippen LogP contribution in [0, 0.1) is 0 Å². The zero-order valence-electron chi connectivity index (χ0n) is 10.3. The second-order valence-electron chi connectivity index (χ2n) is 3.87. The summed E-state index contributed by atoms with van der Waals surface area (Å²) in [6.07, 6.45) is 0. The molecule has 0 fully saturated rings. The Bertz CT molecular complexity index is 364. The summed E-state index contributed by atoms with van der Waals surface area (Å²) in [5, 5.41) is 19.3. The van der Waals surface area contributed by atoms with E-state index >= 15 is 0 Å². The van der Waals surface area contributed by atoms with Crippen molar-refractivity contribution >= 4 is 11.7 Å². The Morgan fingerprint density at radius 1 is 1.47 bits per heavy atom. The molecular weight excluding hydrogens is 220 g/mol. The van der Waals surface area contributed by atoms with Gasteiger partial charge in [-0.3, -0.25) is 4.79 Å². The van der Waals surface area contributed by atoms with Crippen LogP contribution in [0.25, 0.3) is 0 Å². The minimum Gasteiger partial charge on any atom is -0.395 e. The fraction of sp³-hybridized carbons (Fsp3) is 0.545. The van der Waals surface area contributed by atoms with Crippen LogP contribution in [0.3, 0.4) is 0 Å². The van der Waals surface area contributed by atoms with E-state index in [1.165, 1.54) is 0 Å². The third kappa shape index (κ3) is 3.39. The molecule has 6 nitrogen and oxygen atoms in total. The van der Waals surface area contributed by atoms with Gasteiger partial charge in [0, 0.05) is 19.6 Å². The second-order valence-corrected chi connectivity index (χ2v) is 3.87. The number of hydrogen-bond donors (Lipinski definition) is 2. The zero-order chi connectivity index (χ0) is 12.8. The molecule has 0 bridgehead atoms. The van der Waals surface area contributed by atoms with Crippen LogP contribution in [0.15, 0.2) is 12.1 Å². The van der Waals surface area contributed by atoms with Crippen LogP contribution in [0.2, 0.25) is 0 Å². The molecule has 94 valence electrons. The Morgan fingerprint density at radius 3 is 2.59 bits per heavy atom. The normalized spacial score (nSPS) is 10.4. The first-order chi connectivity index (χ1) is 8.10. The first-order valence-electron chi connectivity index (χ1n) is 5.53. The van der Waals surface area contributed by atoms with Crippen molar-refractivity contribution in [3.8, 4) is 0 Å². The molecule has 0 atom stereocenters. The molecule has 0 saturated heterocycles. The number of anilines is 1. The molecule has 1 aromatic rings. The zero-order valence-corrected chi connectivity index (χ0v) is 10.3. The van der Waals surface area contributed by atoms with Crippen molar-refractivity contribution in [2.45, 2.75) is 19.9 Å². The summed E-state index contributed by atoms with van der Waals surface area (Å²) in [6, 6.07) is 3.56. The maximum Gasteiger partial charge on any atom is 0.271 e. The van der Waals surface area contributed by atoms with Crippen LogP contribution >= 0.6 is 0 Å². The molecule has 6 heteroatoms. The third-order valence-electron chi connectivity index (χ3n) is 2.37. The average Bonchev–Trinajstić information content (AvgIpc) is 2.35. The molecule has 1 amide bonds. The highest BCUT2D eigenvalue weighted by Crippen LogP contribution is 2.12. The van der Waals surface area contributed by atoms with E-state index in [-0.39, 0.29) is 24.2 Å². The van der Waals surface area contributed by atoms with Crippen molar-refractivity contribution in [1.82, 2.24) is 15.5 Å². The van der Waals surface area contributed by atoms with Crippen LogP contribution < -0.4 is 10.2 Å². The first kappa shape index (κ1) is 13.4. The molecule has 1 aromatic heterocycles. The lowest BCUT2D eigenvalue weighted by molar-refractivity contribution is 0.0957. The minimum atomic E-state index is -0.262. The fourth-order valence-corrected chi connectivity index (χ4v) is 1.47. The summed E-state index contributed by atoms with van der Waals surface area (Å²) in [7, 11) is 1.55. The van der Waals surface area contributed by atoms with E-state index in [1.54, 1.807) is 19.2 Å². The summed E-state index contributed by atoms with van der Waals surface area (Å²) in [5.74, 6) is 0.393. The molecule has 17 heavy (non-hydrogen) atoms. The smallest absolute Gasteiger partial charge is 0.271 e. The van der Waals surface area contributed by atoms with Gasteiger partial charge in [0.05, 0.1) is 6.61 Å². The topological polar surface area (TPSA) is 78.4 Å².